The number of anilines is 1. The second-order valence-corrected chi connectivity index (χ2v) is 4.17. The molecule has 104 valence electrons. The van der Waals surface area contributed by atoms with Crippen LogP contribution in [-0.4, -0.2) is 17.1 Å². The lowest BCUT2D eigenvalue weighted by molar-refractivity contribution is -0.385. The molecule has 0 radical (unpaired) electrons. The van der Waals surface area contributed by atoms with Crippen LogP contribution in [0.4, 0.5) is 11.4 Å². The number of methoxy groups -OCH3 is 1. The Hall–Kier alpha value is -2.76. The van der Waals surface area contributed by atoms with Crippen LogP contribution in [0.15, 0.2) is 42.5 Å². The van der Waals surface area contributed by atoms with Gasteiger partial charge in [0.1, 0.15) is 5.75 Å². The number of rotatable bonds is 5. The fourth-order valence-corrected chi connectivity index (χ4v) is 1.81. The number of ether oxygens (including phenoxy) is 1. The van der Waals surface area contributed by atoms with E-state index in [1.54, 1.807) is 36.4 Å². The van der Waals surface area contributed by atoms with Gasteiger partial charge in [-0.05, 0) is 23.8 Å². The Labute approximate surface area is 115 Å². The summed E-state index contributed by atoms with van der Waals surface area (Å²) in [6.45, 7) is 0.411. The van der Waals surface area contributed by atoms with Crippen molar-refractivity contribution < 1.29 is 14.8 Å². The molecule has 0 saturated carbocycles. The van der Waals surface area contributed by atoms with E-state index in [-0.39, 0.29) is 17.2 Å². The topological polar surface area (TPSA) is 84.6 Å². The molecule has 0 aliphatic heterocycles. The highest BCUT2D eigenvalue weighted by molar-refractivity contribution is 5.51. The Morgan fingerprint density at radius 1 is 1.30 bits per heavy atom. The predicted molar refractivity (Wildman–Crippen MR) is 75.1 cm³/mol. The van der Waals surface area contributed by atoms with Crippen molar-refractivity contribution in [2.45, 2.75) is 6.54 Å². The van der Waals surface area contributed by atoms with Gasteiger partial charge in [-0.15, -0.1) is 0 Å². The van der Waals surface area contributed by atoms with E-state index in [9.17, 15) is 15.2 Å². The minimum Gasteiger partial charge on any atom is -0.508 e. The van der Waals surface area contributed by atoms with Gasteiger partial charge in [-0.1, -0.05) is 12.1 Å². The van der Waals surface area contributed by atoms with Crippen LogP contribution in [0.3, 0.4) is 0 Å². The molecule has 0 aromatic heterocycles. The molecule has 0 aliphatic rings. The van der Waals surface area contributed by atoms with Gasteiger partial charge in [0.25, 0.3) is 0 Å². The Morgan fingerprint density at radius 3 is 2.75 bits per heavy atom. The number of nitrogens with zero attached hydrogens (tertiary/aromatic N) is 1. The zero-order chi connectivity index (χ0) is 14.5. The number of nitro benzene ring substituents is 1. The molecule has 0 fully saturated rings. The number of phenols is 1. The third-order valence-electron chi connectivity index (χ3n) is 2.78. The number of aromatic hydroxyl groups is 1. The molecule has 6 heteroatoms. The zero-order valence-corrected chi connectivity index (χ0v) is 10.9. The van der Waals surface area contributed by atoms with Crippen LogP contribution >= 0.6 is 0 Å². The fraction of sp³-hybridized carbons (Fsp3) is 0.143. The molecule has 20 heavy (non-hydrogen) atoms. The normalized spacial score (nSPS) is 10.1. The Bertz CT molecular complexity index is 628. The van der Waals surface area contributed by atoms with Gasteiger partial charge >= 0.3 is 5.69 Å². The molecule has 2 aromatic rings. The SMILES string of the molecule is COc1ccc(CNc2cccc(O)c2)cc1[N+](=O)[O-]. The van der Waals surface area contributed by atoms with Crippen molar-refractivity contribution in [2.75, 3.05) is 12.4 Å². The van der Waals surface area contributed by atoms with E-state index in [1.165, 1.54) is 13.2 Å². The summed E-state index contributed by atoms with van der Waals surface area (Å²) in [4.78, 5) is 10.4. The maximum Gasteiger partial charge on any atom is 0.311 e. The minimum atomic E-state index is -0.476. The molecule has 0 saturated heterocycles. The molecule has 0 atom stereocenters. The predicted octanol–water partition coefficient (Wildman–Crippen LogP) is 2.92. The maximum absolute atomic E-state index is 10.9. The summed E-state index contributed by atoms with van der Waals surface area (Å²) in [6, 6.07) is 11.5. The van der Waals surface area contributed by atoms with Crippen molar-refractivity contribution in [3.8, 4) is 11.5 Å². The molecule has 6 nitrogen and oxygen atoms in total. The zero-order valence-electron chi connectivity index (χ0n) is 10.9. The second kappa shape index (κ2) is 5.92. The summed E-state index contributed by atoms with van der Waals surface area (Å²) in [5.74, 6) is 0.395. The summed E-state index contributed by atoms with van der Waals surface area (Å²) in [7, 11) is 1.40. The highest BCUT2D eigenvalue weighted by Gasteiger charge is 2.14. The standard InChI is InChI=1S/C14H14N2O4/c1-20-14-6-5-10(7-13(14)16(18)19)9-15-11-3-2-4-12(17)8-11/h2-8,15,17H,9H2,1H3. The van der Waals surface area contributed by atoms with Crippen LogP contribution in [0, 0.1) is 10.1 Å². The molecular weight excluding hydrogens is 260 g/mol. The monoisotopic (exact) mass is 274 g/mol. The molecule has 2 N–H and O–H groups in total. The number of benzene rings is 2. The van der Waals surface area contributed by atoms with Gasteiger partial charge in [0.05, 0.1) is 12.0 Å². The van der Waals surface area contributed by atoms with Crippen LogP contribution in [0.1, 0.15) is 5.56 Å². The lowest BCUT2D eigenvalue weighted by Gasteiger charge is -2.08. The van der Waals surface area contributed by atoms with E-state index in [0.29, 0.717) is 6.54 Å². The fourth-order valence-electron chi connectivity index (χ4n) is 1.81. The van der Waals surface area contributed by atoms with Gasteiger partial charge in [-0.3, -0.25) is 10.1 Å². The van der Waals surface area contributed by atoms with Gasteiger partial charge in [0, 0.05) is 24.4 Å². The number of hydrogen-bond donors (Lipinski definition) is 2. The summed E-state index contributed by atoms with van der Waals surface area (Å²) in [5, 5.41) is 23.4. The molecule has 0 aliphatic carbocycles. The van der Waals surface area contributed by atoms with Crippen molar-refractivity contribution in [3.05, 3.63) is 58.1 Å². The molecule has 2 rings (SSSR count). The first-order valence-electron chi connectivity index (χ1n) is 5.94. The Balaban J connectivity index is 2.14. The molecule has 0 unspecified atom stereocenters. The largest absolute Gasteiger partial charge is 0.508 e. The van der Waals surface area contributed by atoms with Gasteiger partial charge in [0.2, 0.25) is 0 Å². The average Bonchev–Trinajstić information content (AvgIpc) is 2.45. The van der Waals surface area contributed by atoms with E-state index < -0.39 is 4.92 Å². The summed E-state index contributed by atoms with van der Waals surface area (Å²) in [6.07, 6.45) is 0. The van der Waals surface area contributed by atoms with Crippen molar-refractivity contribution >= 4 is 11.4 Å². The smallest absolute Gasteiger partial charge is 0.311 e. The first kappa shape index (κ1) is 13.7. The maximum atomic E-state index is 10.9. The van der Waals surface area contributed by atoms with Crippen LogP contribution < -0.4 is 10.1 Å². The van der Waals surface area contributed by atoms with Gasteiger partial charge in [-0.2, -0.15) is 0 Å². The van der Waals surface area contributed by atoms with E-state index in [1.807, 2.05) is 0 Å². The van der Waals surface area contributed by atoms with Crippen LogP contribution in [0.5, 0.6) is 11.5 Å². The molecule has 0 heterocycles. The number of phenolic OH excluding ortho intramolecular Hbond substituents is 1. The van der Waals surface area contributed by atoms with Crippen LogP contribution in [-0.2, 0) is 6.54 Å². The van der Waals surface area contributed by atoms with Crippen molar-refractivity contribution in [1.82, 2.24) is 0 Å². The highest BCUT2D eigenvalue weighted by Crippen LogP contribution is 2.28. The number of nitro groups is 1. The summed E-state index contributed by atoms with van der Waals surface area (Å²) < 4.78 is 4.95. The van der Waals surface area contributed by atoms with Crippen molar-refractivity contribution in [1.29, 1.82) is 0 Å². The lowest BCUT2D eigenvalue weighted by atomic mass is 10.2. The van der Waals surface area contributed by atoms with Crippen LogP contribution in [0.2, 0.25) is 0 Å². The highest BCUT2D eigenvalue weighted by atomic mass is 16.6. The molecular formula is C14H14N2O4. The lowest BCUT2D eigenvalue weighted by Crippen LogP contribution is -2.01. The number of hydrogen-bond acceptors (Lipinski definition) is 5. The van der Waals surface area contributed by atoms with E-state index >= 15 is 0 Å². The average molecular weight is 274 g/mol. The van der Waals surface area contributed by atoms with Gasteiger partial charge in [0.15, 0.2) is 5.75 Å². The Morgan fingerprint density at radius 2 is 2.10 bits per heavy atom. The van der Waals surface area contributed by atoms with Gasteiger partial charge < -0.3 is 15.2 Å². The van der Waals surface area contributed by atoms with Crippen molar-refractivity contribution in [3.63, 3.8) is 0 Å². The third kappa shape index (κ3) is 3.17. The molecule has 2 aromatic carbocycles. The molecule has 0 amide bonds. The Kier molecular flexibility index (Phi) is 4.05. The summed E-state index contributed by atoms with van der Waals surface area (Å²) in [5.41, 5.74) is 1.42. The number of nitrogens with one attached hydrogen (secondary N) is 1. The quantitative estimate of drug-likeness (QED) is 0.646. The molecule has 0 bridgehead atoms. The minimum absolute atomic E-state index is 0.0669. The van der Waals surface area contributed by atoms with Gasteiger partial charge in [-0.25, -0.2) is 0 Å². The van der Waals surface area contributed by atoms with Crippen molar-refractivity contribution in [2.24, 2.45) is 0 Å². The van der Waals surface area contributed by atoms with E-state index in [2.05, 4.69) is 5.32 Å². The molecule has 0 spiro atoms. The second-order valence-electron chi connectivity index (χ2n) is 4.17. The van der Waals surface area contributed by atoms with E-state index in [4.69, 9.17) is 4.74 Å². The first-order chi connectivity index (χ1) is 9.60. The third-order valence-corrected chi connectivity index (χ3v) is 2.78. The van der Waals surface area contributed by atoms with Crippen LogP contribution in [0.25, 0.3) is 0 Å². The summed E-state index contributed by atoms with van der Waals surface area (Å²) >= 11 is 0. The van der Waals surface area contributed by atoms with E-state index in [0.717, 1.165) is 11.3 Å². The first-order valence-corrected chi connectivity index (χ1v) is 5.94.